The molecule has 1 heterocycles. The van der Waals surface area contributed by atoms with Gasteiger partial charge in [-0.1, -0.05) is 56.2 Å². The number of thiazole rings is 1. The van der Waals surface area contributed by atoms with E-state index in [0.29, 0.717) is 0 Å². The van der Waals surface area contributed by atoms with Crippen molar-refractivity contribution < 1.29 is 4.79 Å². The van der Waals surface area contributed by atoms with Gasteiger partial charge in [0.15, 0.2) is 5.13 Å². The van der Waals surface area contributed by atoms with Gasteiger partial charge in [-0.15, -0.1) is 11.3 Å². The number of benzene rings is 1. The number of hydrogen-bond acceptors (Lipinski definition) is 4. The fraction of sp³-hybridized carbons (Fsp3) is 0.545. The second kappa shape index (κ2) is 10.5. The van der Waals surface area contributed by atoms with E-state index in [1.54, 1.807) is 11.3 Å². The molecule has 1 amide bonds. The molecule has 0 fully saturated rings. The second-order valence-electron chi connectivity index (χ2n) is 7.49. The van der Waals surface area contributed by atoms with E-state index in [0.717, 1.165) is 23.7 Å². The highest BCUT2D eigenvalue weighted by Gasteiger charge is 2.13. The Kier molecular flexibility index (Phi) is 7.69. The number of carbonyl (C=O) groups excluding carboxylic acids is 1. The molecule has 0 spiro atoms. The van der Waals surface area contributed by atoms with E-state index in [1.165, 1.54) is 67.5 Å². The number of fused-ring (bicyclic) bond motifs is 1. The molecule has 0 saturated carbocycles. The van der Waals surface area contributed by atoms with Gasteiger partial charge < -0.3 is 10.6 Å². The van der Waals surface area contributed by atoms with Crippen LogP contribution in [0.4, 0.5) is 10.8 Å². The van der Waals surface area contributed by atoms with Crippen LogP contribution in [0.5, 0.6) is 0 Å². The third-order valence-electron chi connectivity index (χ3n) is 5.10. The van der Waals surface area contributed by atoms with Crippen molar-refractivity contribution >= 4 is 28.1 Å². The van der Waals surface area contributed by atoms with Crippen LogP contribution in [0.3, 0.4) is 0 Å². The van der Waals surface area contributed by atoms with Crippen LogP contribution in [0.25, 0.3) is 0 Å². The molecule has 27 heavy (non-hydrogen) atoms. The van der Waals surface area contributed by atoms with Gasteiger partial charge in [0.2, 0.25) is 5.91 Å². The maximum Gasteiger partial charge on any atom is 0.245 e. The highest BCUT2D eigenvalue weighted by Crippen LogP contribution is 2.27. The lowest BCUT2D eigenvalue weighted by Gasteiger charge is -2.06. The number of aromatic nitrogens is 1. The molecule has 0 unspecified atom stereocenters. The first-order valence-corrected chi connectivity index (χ1v) is 11.1. The summed E-state index contributed by atoms with van der Waals surface area (Å²) >= 11 is 1.67. The first-order valence-electron chi connectivity index (χ1n) is 10.3. The van der Waals surface area contributed by atoms with Crippen LogP contribution < -0.4 is 10.6 Å². The highest BCUT2D eigenvalue weighted by atomic mass is 32.1. The molecule has 0 radical (unpaired) electrons. The number of hydrogen-bond donors (Lipinski definition) is 2. The second-order valence-corrected chi connectivity index (χ2v) is 8.57. The maximum absolute atomic E-state index is 12.3. The molecule has 0 aliphatic heterocycles. The lowest BCUT2D eigenvalue weighted by molar-refractivity contribution is -0.114. The Labute approximate surface area is 166 Å². The van der Waals surface area contributed by atoms with Gasteiger partial charge in [-0.25, -0.2) is 4.98 Å². The molecule has 2 N–H and O–H groups in total. The summed E-state index contributed by atoms with van der Waals surface area (Å²) in [5.41, 5.74) is 3.38. The Morgan fingerprint density at radius 2 is 1.59 bits per heavy atom. The fourth-order valence-electron chi connectivity index (χ4n) is 3.48. The van der Waals surface area contributed by atoms with Gasteiger partial charge in [0.05, 0.1) is 12.2 Å². The van der Waals surface area contributed by atoms with Crippen LogP contribution in [0.1, 0.15) is 67.5 Å². The van der Waals surface area contributed by atoms with Gasteiger partial charge in [-0.3, -0.25) is 4.79 Å². The van der Waals surface area contributed by atoms with Crippen molar-refractivity contribution in [1.29, 1.82) is 0 Å². The number of carbonyl (C=O) groups is 1. The molecule has 1 aromatic heterocycles. The minimum atomic E-state index is -0.0414. The first-order chi connectivity index (χ1) is 13.2. The van der Waals surface area contributed by atoms with Crippen molar-refractivity contribution in [1.82, 2.24) is 4.98 Å². The summed E-state index contributed by atoms with van der Waals surface area (Å²) in [7, 11) is 0. The number of aryl methyl sites for hydroxylation is 3. The van der Waals surface area contributed by atoms with E-state index in [9.17, 15) is 4.79 Å². The standard InChI is InChI=1S/C22H31N3OS/c1-17-12-14-18(15-13-17)23-16-21(26)25-22-24-19-10-8-6-4-2-3-5-7-9-11-20(19)27-22/h12-15,23H,2-11,16H2,1H3,(H,24,25,26). The van der Waals surface area contributed by atoms with E-state index in [-0.39, 0.29) is 12.5 Å². The van der Waals surface area contributed by atoms with Crippen molar-refractivity contribution in [3.8, 4) is 0 Å². The summed E-state index contributed by atoms with van der Waals surface area (Å²) in [5.74, 6) is -0.0414. The Morgan fingerprint density at radius 3 is 2.30 bits per heavy atom. The van der Waals surface area contributed by atoms with Gasteiger partial charge in [-0.2, -0.15) is 0 Å². The number of amides is 1. The van der Waals surface area contributed by atoms with Gasteiger partial charge in [0.25, 0.3) is 0 Å². The summed E-state index contributed by atoms with van der Waals surface area (Å²) in [6.07, 6.45) is 12.6. The number of nitrogens with one attached hydrogen (secondary N) is 2. The molecule has 0 saturated heterocycles. The predicted molar refractivity (Wildman–Crippen MR) is 115 cm³/mol. The number of rotatable bonds is 4. The highest BCUT2D eigenvalue weighted by molar-refractivity contribution is 7.15. The van der Waals surface area contributed by atoms with Crippen LogP contribution in [0.2, 0.25) is 0 Å². The monoisotopic (exact) mass is 385 g/mol. The molecular formula is C22H31N3OS. The third-order valence-corrected chi connectivity index (χ3v) is 6.17. The fourth-order valence-corrected chi connectivity index (χ4v) is 4.55. The van der Waals surface area contributed by atoms with Crippen molar-refractivity contribution in [2.24, 2.45) is 0 Å². The van der Waals surface area contributed by atoms with Crippen molar-refractivity contribution in [2.75, 3.05) is 17.2 Å². The Balaban J connectivity index is 1.55. The summed E-state index contributed by atoms with van der Waals surface area (Å²) in [4.78, 5) is 18.4. The minimum Gasteiger partial charge on any atom is -0.376 e. The quantitative estimate of drug-likeness (QED) is 0.707. The van der Waals surface area contributed by atoms with Crippen molar-refractivity contribution in [2.45, 2.75) is 71.1 Å². The molecule has 1 aliphatic carbocycles. The average Bonchev–Trinajstić information content (AvgIpc) is 3.02. The van der Waals surface area contributed by atoms with Gasteiger partial charge >= 0.3 is 0 Å². The van der Waals surface area contributed by atoms with Gasteiger partial charge in [0.1, 0.15) is 0 Å². The van der Waals surface area contributed by atoms with Gasteiger partial charge in [0, 0.05) is 10.6 Å². The Morgan fingerprint density at radius 1 is 0.963 bits per heavy atom. The van der Waals surface area contributed by atoms with Crippen molar-refractivity contribution in [3.63, 3.8) is 0 Å². The first kappa shape index (κ1) is 19.9. The molecule has 146 valence electrons. The molecular weight excluding hydrogens is 354 g/mol. The zero-order chi connectivity index (χ0) is 18.9. The summed E-state index contributed by atoms with van der Waals surface area (Å²) < 4.78 is 0. The molecule has 5 heteroatoms. The maximum atomic E-state index is 12.3. The van der Waals surface area contributed by atoms with E-state index < -0.39 is 0 Å². The normalized spacial score (nSPS) is 15.9. The topological polar surface area (TPSA) is 54.0 Å². The van der Waals surface area contributed by atoms with Gasteiger partial charge in [-0.05, 0) is 44.7 Å². The summed E-state index contributed by atoms with van der Waals surface area (Å²) in [6, 6.07) is 8.07. The molecule has 0 atom stereocenters. The molecule has 2 aromatic rings. The minimum absolute atomic E-state index is 0.0414. The summed E-state index contributed by atoms with van der Waals surface area (Å²) in [5, 5.41) is 6.91. The molecule has 1 aliphatic rings. The van der Waals surface area contributed by atoms with Crippen molar-refractivity contribution in [3.05, 3.63) is 40.4 Å². The van der Waals surface area contributed by atoms with E-state index in [1.807, 2.05) is 24.3 Å². The largest absolute Gasteiger partial charge is 0.376 e. The van der Waals surface area contributed by atoms with Crippen LogP contribution in [-0.2, 0) is 17.6 Å². The molecule has 0 bridgehead atoms. The van der Waals surface area contributed by atoms with E-state index in [2.05, 4.69) is 17.6 Å². The SMILES string of the molecule is Cc1ccc(NCC(=O)Nc2nc3c(s2)CCCCCCCCCC3)cc1. The Bertz CT molecular complexity index is 694. The number of anilines is 2. The van der Waals surface area contributed by atoms with E-state index >= 15 is 0 Å². The lowest BCUT2D eigenvalue weighted by Crippen LogP contribution is -2.21. The number of nitrogens with zero attached hydrogens (tertiary/aromatic N) is 1. The predicted octanol–water partition coefficient (Wildman–Crippen LogP) is 5.72. The van der Waals surface area contributed by atoms with Crippen LogP contribution in [-0.4, -0.2) is 17.4 Å². The smallest absolute Gasteiger partial charge is 0.245 e. The van der Waals surface area contributed by atoms with E-state index in [4.69, 9.17) is 4.98 Å². The Hall–Kier alpha value is -1.88. The molecule has 4 nitrogen and oxygen atoms in total. The van der Waals surface area contributed by atoms with Crippen LogP contribution in [0.15, 0.2) is 24.3 Å². The molecule has 1 aromatic carbocycles. The third kappa shape index (κ3) is 6.65. The average molecular weight is 386 g/mol. The zero-order valence-electron chi connectivity index (χ0n) is 16.4. The van der Waals surface area contributed by atoms with Crippen LogP contribution in [0, 0.1) is 6.92 Å². The zero-order valence-corrected chi connectivity index (χ0v) is 17.2. The lowest BCUT2D eigenvalue weighted by atomic mass is 10.0. The molecule has 3 rings (SSSR count). The van der Waals surface area contributed by atoms with Crippen LogP contribution >= 0.6 is 11.3 Å². The summed E-state index contributed by atoms with van der Waals surface area (Å²) in [6.45, 7) is 2.31.